The fourth-order valence-electron chi connectivity index (χ4n) is 1.95. The molecule has 2 aromatic rings. The highest BCUT2D eigenvalue weighted by atomic mass is 79.9. The molecule has 19 heavy (non-hydrogen) atoms. The van der Waals surface area contributed by atoms with Crippen molar-refractivity contribution in [2.75, 3.05) is 0 Å². The van der Waals surface area contributed by atoms with Crippen LogP contribution in [-0.4, -0.2) is 11.1 Å². The lowest BCUT2D eigenvalue weighted by molar-refractivity contribution is -0.138. The van der Waals surface area contributed by atoms with Crippen LogP contribution in [0.2, 0.25) is 0 Å². The molecule has 0 saturated carbocycles. The Labute approximate surface area is 119 Å². The third kappa shape index (κ3) is 3.41. The number of benzene rings is 2. The summed E-state index contributed by atoms with van der Waals surface area (Å²) in [6, 6.07) is 13.3. The molecule has 98 valence electrons. The molecule has 1 unspecified atom stereocenters. The SMILES string of the molecule is O=C(O)C(Cc1ccccc1F)c1cccc(Br)c1. The van der Waals surface area contributed by atoms with E-state index < -0.39 is 11.9 Å². The normalized spacial score (nSPS) is 12.1. The van der Waals surface area contributed by atoms with Crippen LogP contribution in [-0.2, 0) is 11.2 Å². The Morgan fingerprint density at radius 3 is 2.58 bits per heavy atom. The predicted molar refractivity (Wildman–Crippen MR) is 74.6 cm³/mol. The van der Waals surface area contributed by atoms with E-state index in [4.69, 9.17) is 0 Å². The van der Waals surface area contributed by atoms with Crippen LogP contribution < -0.4 is 0 Å². The van der Waals surface area contributed by atoms with Gasteiger partial charge in [-0.15, -0.1) is 0 Å². The Morgan fingerprint density at radius 2 is 1.95 bits per heavy atom. The van der Waals surface area contributed by atoms with Crippen LogP contribution in [0.15, 0.2) is 53.0 Å². The van der Waals surface area contributed by atoms with Crippen molar-refractivity contribution in [3.63, 3.8) is 0 Å². The molecule has 1 N–H and O–H groups in total. The highest BCUT2D eigenvalue weighted by Crippen LogP contribution is 2.25. The zero-order chi connectivity index (χ0) is 13.8. The van der Waals surface area contributed by atoms with Gasteiger partial charge in [0, 0.05) is 4.47 Å². The van der Waals surface area contributed by atoms with Crippen molar-refractivity contribution in [2.45, 2.75) is 12.3 Å². The van der Waals surface area contributed by atoms with Gasteiger partial charge in [0.1, 0.15) is 5.82 Å². The van der Waals surface area contributed by atoms with Gasteiger partial charge >= 0.3 is 5.97 Å². The molecule has 0 aromatic heterocycles. The van der Waals surface area contributed by atoms with Gasteiger partial charge in [0.25, 0.3) is 0 Å². The fraction of sp³-hybridized carbons (Fsp3) is 0.133. The van der Waals surface area contributed by atoms with Gasteiger partial charge in [-0.3, -0.25) is 4.79 Å². The Morgan fingerprint density at radius 1 is 1.21 bits per heavy atom. The summed E-state index contributed by atoms with van der Waals surface area (Å²) in [5, 5.41) is 9.33. The van der Waals surface area contributed by atoms with Crippen LogP contribution >= 0.6 is 15.9 Å². The molecule has 0 spiro atoms. The second kappa shape index (κ2) is 5.97. The number of carboxylic acids is 1. The maximum atomic E-state index is 13.6. The molecule has 2 nitrogen and oxygen atoms in total. The molecule has 0 fully saturated rings. The van der Waals surface area contributed by atoms with E-state index in [0.717, 1.165) is 4.47 Å². The Balaban J connectivity index is 2.32. The Bertz CT molecular complexity index is 598. The van der Waals surface area contributed by atoms with E-state index in [1.807, 2.05) is 6.07 Å². The number of carbonyl (C=O) groups is 1. The fourth-order valence-corrected chi connectivity index (χ4v) is 2.37. The zero-order valence-electron chi connectivity index (χ0n) is 10.0. The smallest absolute Gasteiger partial charge is 0.311 e. The first-order valence-electron chi connectivity index (χ1n) is 5.79. The molecule has 0 aliphatic carbocycles. The Kier molecular flexibility index (Phi) is 4.32. The Hall–Kier alpha value is -1.68. The molecule has 2 rings (SSSR count). The molecular weight excluding hydrogens is 311 g/mol. The maximum absolute atomic E-state index is 13.6. The first kappa shape index (κ1) is 13.7. The molecular formula is C15H12BrFO2. The molecule has 1 atom stereocenters. The minimum absolute atomic E-state index is 0.137. The van der Waals surface area contributed by atoms with E-state index >= 15 is 0 Å². The van der Waals surface area contributed by atoms with Crippen LogP contribution in [0.5, 0.6) is 0 Å². The van der Waals surface area contributed by atoms with Crippen molar-refractivity contribution in [1.82, 2.24) is 0 Å². The molecule has 0 saturated heterocycles. The van der Waals surface area contributed by atoms with Gasteiger partial charge in [-0.1, -0.05) is 46.3 Å². The highest BCUT2D eigenvalue weighted by Gasteiger charge is 2.21. The van der Waals surface area contributed by atoms with Gasteiger partial charge < -0.3 is 5.11 Å². The minimum Gasteiger partial charge on any atom is -0.481 e. The monoisotopic (exact) mass is 322 g/mol. The number of halogens is 2. The summed E-state index contributed by atoms with van der Waals surface area (Å²) >= 11 is 3.31. The van der Waals surface area contributed by atoms with Crippen molar-refractivity contribution in [3.8, 4) is 0 Å². The van der Waals surface area contributed by atoms with Crippen LogP contribution in [0.1, 0.15) is 17.0 Å². The van der Waals surface area contributed by atoms with E-state index in [1.54, 1.807) is 36.4 Å². The van der Waals surface area contributed by atoms with E-state index in [0.29, 0.717) is 11.1 Å². The second-order valence-corrected chi connectivity index (χ2v) is 5.16. The van der Waals surface area contributed by atoms with Crippen LogP contribution in [0.3, 0.4) is 0 Å². The lowest BCUT2D eigenvalue weighted by atomic mass is 9.92. The van der Waals surface area contributed by atoms with Gasteiger partial charge in [-0.2, -0.15) is 0 Å². The topological polar surface area (TPSA) is 37.3 Å². The number of aliphatic carboxylic acids is 1. The summed E-state index contributed by atoms with van der Waals surface area (Å²) in [4.78, 5) is 11.4. The predicted octanol–water partition coefficient (Wildman–Crippen LogP) is 4.00. The van der Waals surface area contributed by atoms with Crippen molar-refractivity contribution < 1.29 is 14.3 Å². The molecule has 4 heteroatoms. The lowest BCUT2D eigenvalue weighted by Crippen LogP contribution is -2.15. The largest absolute Gasteiger partial charge is 0.481 e. The summed E-state index contributed by atoms with van der Waals surface area (Å²) in [5.74, 6) is -2.08. The minimum atomic E-state index is -0.957. The molecule has 2 aromatic carbocycles. The van der Waals surface area contributed by atoms with Crippen LogP contribution in [0, 0.1) is 5.82 Å². The van der Waals surface area contributed by atoms with E-state index in [1.165, 1.54) is 6.07 Å². The quantitative estimate of drug-likeness (QED) is 0.923. The third-order valence-electron chi connectivity index (χ3n) is 2.93. The lowest BCUT2D eigenvalue weighted by Gasteiger charge is -2.13. The first-order valence-corrected chi connectivity index (χ1v) is 6.59. The molecule has 0 radical (unpaired) electrons. The average molecular weight is 323 g/mol. The molecule has 0 bridgehead atoms. The van der Waals surface area contributed by atoms with Gasteiger partial charge in [0.15, 0.2) is 0 Å². The van der Waals surface area contributed by atoms with E-state index in [-0.39, 0.29) is 12.2 Å². The third-order valence-corrected chi connectivity index (χ3v) is 3.42. The first-order chi connectivity index (χ1) is 9.08. The number of carboxylic acid groups (broad SMARTS) is 1. The van der Waals surface area contributed by atoms with Crippen molar-refractivity contribution in [1.29, 1.82) is 0 Å². The molecule has 0 heterocycles. The van der Waals surface area contributed by atoms with Crippen LogP contribution in [0.25, 0.3) is 0 Å². The standard InChI is InChI=1S/C15H12BrFO2/c16-12-6-3-5-10(8-12)13(15(18)19)9-11-4-1-2-7-14(11)17/h1-8,13H,9H2,(H,18,19). The summed E-state index contributed by atoms with van der Waals surface area (Å²) in [7, 11) is 0. The summed E-state index contributed by atoms with van der Waals surface area (Å²) < 4.78 is 14.4. The summed E-state index contributed by atoms with van der Waals surface area (Å²) in [6.45, 7) is 0. The van der Waals surface area contributed by atoms with Gasteiger partial charge in [-0.25, -0.2) is 4.39 Å². The number of hydrogen-bond donors (Lipinski definition) is 1. The zero-order valence-corrected chi connectivity index (χ0v) is 11.6. The van der Waals surface area contributed by atoms with Crippen molar-refractivity contribution >= 4 is 21.9 Å². The molecule has 0 aliphatic heterocycles. The maximum Gasteiger partial charge on any atom is 0.311 e. The molecule has 0 amide bonds. The van der Waals surface area contributed by atoms with Crippen LogP contribution in [0.4, 0.5) is 4.39 Å². The van der Waals surface area contributed by atoms with Gasteiger partial charge in [-0.05, 0) is 35.7 Å². The summed E-state index contributed by atoms with van der Waals surface area (Å²) in [5.41, 5.74) is 1.07. The van der Waals surface area contributed by atoms with E-state index in [9.17, 15) is 14.3 Å². The highest BCUT2D eigenvalue weighted by molar-refractivity contribution is 9.10. The van der Waals surface area contributed by atoms with E-state index in [2.05, 4.69) is 15.9 Å². The second-order valence-electron chi connectivity index (χ2n) is 4.24. The summed E-state index contributed by atoms with van der Waals surface area (Å²) in [6.07, 6.45) is 0.137. The number of rotatable bonds is 4. The van der Waals surface area contributed by atoms with Crippen molar-refractivity contribution in [2.24, 2.45) is 0 Å². The average Bonchev–Trinajstić information content (AvgIpc) is 2.37. The number of hydrogen-bond acceptors (Lipinski definition) is 1. The van der Waals surface area contributed by atoms with Gasteiger partial charge in [0.2, 0.25) is 0 Å². The van der Waals surface area contributed by atoms with Gasteiger partial charge in [0.05, 0.1) is 5.92 Å². The van der Waals surface area contributed by atoms with Crippen molar-refractivity contribution in [3.05, 3.63) is 69.9 Å². The molecule has 0 aliphatic rings.